The number of ether oxygens (including phenoxy) is 1. The molecule has 2 aliphatic rings. The van der Waals surface area contributed by atoms with E-state index in [0.29, 0.717) is 74.5 Å². The Kier molecular flexibility index (Phi) is 8.23. The van der Waals surface area contributed by atoms with Crippen LogP contribution in [0.1, 0.15) is 12.8 Å². The molecule has 168 valence electrons. The van der Waals surface area contributed by atoms with Crippen molar-refractivity contribution in [3.05, 3.63) is 28.2 Å². The Bertz CT molecular complexity index is 839. The molecule has 0 atom stereocenters. The van der Waals surface area contributed by atoms with Gasteiger partial charge in [-0.3, -0.25) is 4.79 Å². The third kappa shape index (κ3) is 5.77. The first-order valence-corrected chi connectivity index (χ1v) is 12.2. The number of amides is 1. The van der Waals surface area contributed by atoms with Crippen molar-refractivity contribution in [2.75, 3.05) is 66.0 Å². The van der Waals surface area contributed by atoms with Crippen LogP contribution in [-0.4, -0.2) is 98.7 Å². The fourth-order valence-corrected chi connectivity index (χ4v) is 5.43. The van der Waals surface area contributed by atoms with Crippen LogP contribution in [0.5, 0.6) is 5.75 Å². The van der Waals surface area contributed by atoms with Crippen LogP contribution in [-0.2, 0) is 15.0 Å². The molecule has 2 saturated heterocycles. The lowest BCUT2D eigenvalue weighted by atomic mass is 10.2. The zero-order chi connectivity index (χ0) is 21.7. The summed E-state index contributed by atoms with van der Waals surface area (Å²) in [6.45, 7) is 4.32. The molecule has 8 nitrogen and oxygen atoms in total. The number of nitrogens with zero attached hydrogens (tertiary/aromatic N) is 4. The number of benzene rings is 1. The molecule has 1 amide bonds. The maximum absolute atomic E-state index is 12.8. The first kappa shape index (κ1) is 23.6. The number of rotatable bonds is 7. The average Bonchev–Trinajstić information content (AvgIpc) is 2.74. The molecule has 0 bridgehead atoms. The molecule has 2 fully saturated rings. The van der Waals surface area contributed by atoms with Gasteiger partial charge in [-0.05, 0) is 25.6 Å². The molecule has 0 radical (unpaired) electrons. The van der Waals surface area contributed by atoms with E-state index in [-0.39, 0.29) is 5.91 Å². The van der Waals surface area contributed by atoms with Crippen molar-refractivity contribution < 1.29 is 17.9 Å². The van der Waals surface area contributed by atoms with Crippen LogP contribution in [0.2, 0.25) is 10.0 Å². The smallest absolute Gasteiger partial charge is 0.282 e. The van der Waals surface area contributed by atoms with Crippen LogP contribution >= 0.6 is 23.2 Å². The fourth-order valence-electron chi connectivity index (χ4n) is 3.51. The van der Waals surface area contributed by atoms with Gasteiger partial charge < -0.3 is 14.5 Å². The lowest BCUT2D eigenvalue weighted by molar-refractivity contribution is -0.132. The van der Waals surface area contributed by atoms with E-state index >= 15 is 0 Å². The van der Waals surface area contributed by atoms with Crippen LogP contribution in [0, 0.1) is 0 Å². The predicted molar refractivity (Wildman–Crippen MR) is 117 cm³/mol. The molecule has 2 heterocycles. The number of piperazine rings is 2. The summed E-state index contributed by atoms with van der Waals surface area (Å²) in [5.74, 6) is 0.506. The Morgan fingerprint density at radius 1 is 1.00 bits per heavy atom. The van der Waals surface area contributed by atoms with Gasteiger partial charge in [-0.1, -0.05) is 29.3 Å². The van der Waals surface area contributed by atoms with E-state index in [9.17, 15) is 13.2 Å². The second kappa shape index (κ2) is 10.5. The Morgan fingerprint density at radius 3 is 2.23 bits per heavy atom. The Hall–Kier alpha value is -1.10. The highest BCUT2D eigenvalue weighted by molar-refractivity contribution is 7.86. The van der Waals surface area contributed by atoms with Crippen molar-refractivity contribution in [1.82, 2.24) is 18.4 Å². The summed E-state index contributed by atoms with van der Waals surface area (Å²) < 4.78 is 34.3. The van der Waals surface area contributed by atoms with Gasteiger partial charge in [0.15, 0.2) is 0 Å². The van der Waals surface area contributed by atoms with Gasteiger partial charge in [0, 0.05) is 58.8 Å². The third-order valence-corrected chi connectivity index (χ3v) is 8.25. The molecular formula is C19H28Cl2N4O4S. The van der Waals surface area contributed by atoms with Crippen molar-refractivity contribution in [1.29, 1.82) is 0 Å². The summed E-state index contributed by atoms with van der Waals surface area (Å²) in [7, 11) is -1.47. The van der Waals surface area contributed by atoms with Gasteiger partial charge in [-0.15, -0.1) is 0 Å². The van der Waals surface area contributed by atoms with E-state index in [1.807, 2.05) is 7.05 Å². The number of likely N-dealkylation sites (N-methyl/N-ethyl adjacent to an activating group) is 1. The molecule has 30 heavy (non-hydrogen) atoms. The number of halogens is 2. The van der Waals surface area contributed by atoms with Crippen molar-refractivity contribution in [2.45, 2.75) is 12.8 Å². The van der Waals surface area contributed by atoms with Gasteiger partial charge in [0.1, 0.15) is 10.8 Å². The van der Waals surface area contributed by atoms with Crippen molar-refractivity contribution in [2.24, 2.45) is 0 Å². The molecule has 0 aliphatic carbocycles. The number of hydrogen-bond donors (Lipinski definition) is 0. The normalized spacial score (nSPS) is 19.8. The highest BCUT2D eigenvalue weighted by Gasteiger charge is 2.34. The number of carbonyl (C=O) groups excluding carboxylic acids is 1. The summed E-state index contributed by atoms with van der Waals surface area (Å²) in [6, 6.07) is 5.17. The number of carbonyl (C=O) groups is 1. The predicted octanol–water partition coefficient (Wildman–Crippen LogP) is 1.79. The summed E-state index contributed by atoms with van der Waals surface area (Å²) in [6.07, 6.45) is 0.880. The first-order valence-electron chi connectivity index (χ1n) is 10.1. The van der Waals surface area contributed by atoms with Gasteiger partial charge in [-0.25, -0.2) is 0 Å². The van der Waals surface area contributed by atoms with Gasteiger partial charge in [0.2, 0.25) is 5.91 Å². The van der Waals surface area contributed by atoms with Crippen LogP contribution in [0.15, 0.2) is 18.2 Å². The molecule has 1 aromatic rings. The largest absolute Gasteiger partial charge is 0.492 e. The van der Waals surface area contributed by atoms with E-state index < -0.39 is 10.2 Å². The van der Waals surface area contributed by atoms with E-state index in [1.165, 1.54) is 4.31 Å². The molecule has 0 aromatic heterocycles. The molecule has 0 unspecified atom stereocenters. The standard InChI is InChI=1S/C19H28Cl2N4O4S/c1-22-7-11-24(12-8-22)30(27,28)25-13-9-23(10-14-25)18(26)6-3-15-29-17-5-2-4-16(20)19(17)21/h2,4-5H,3,6-15H2,1H3. The SMILES string of the molecule is CN1CCN(S(=O)(=O)N2CCN(C(=O)CCCOc3cccc(Cl)c3Cl)CC2)CC1. The van der Waals surface area contributed by atoms with Gasteiger partial charge >= 0.3 is 0 Å². The van der Waals surface area contributed by atoms with Gasteiger partial charge in [-0.2, -0.15) is 17.0 Å². The zero-order valence-electron chi connectivity index (χ0n) is 17.1. The van der Waals surface area contributed by atoms with Crippen molar-refractivity contribution >= 4 is 39.3 Å². The molecule has 0 N–H and O–H groups in total. The Morgan fingerprint density at radius 2 is 1.60 bits per heavy atom. The maximum Gasteiger partial charge on any atom is 0.282 e. The van der Waals surface area contributed by atoms with Crippen LogP contribution in [0.25, 0.3) is 0 Å². The summed E-state index contributed by atoms with van der Waals surface area (Å²) in [4.78, 5) is 16.3. The van der Waals surface area contributed by atoms with Crippen LogP contribution < -0.4 is 4.74 Å². The van der Waals surface area contributed by atoms with E-state index in [0.717, 1.165) is 13.1 Å². The molecule has 2 aliphatic heterocycles. The third-order valence-electron chi connectivity index (χ3n) is 5.41. The second-order valence-electron chi connectivity index (χ2n) is 7.49. The fraction of sp³-hybridized carbons (Fsp3) is 0.632. The monoisotopic (exact) mass is 478 g/mol. The quantitative estimate of drug-likeness (QED) is 0.558. The van der Waals surface area contributed by atoms with Crippen molar-refractivity contribution in [3.63, 3.8) is 0 Å². The minimum Gasteiger partial charge on any atom is -0.492 e. The van der Waals surface area contributed by atoms with Crippen LogP contribution in [0.3, 0.4) is 0 Å². The first-order chi connectivity index (χ1) is 14.3. The molecular weight excluding hydrogens is 451 g/mol. The maximum atomic E-state index is 12.8. The lowest BCUT2D eigenvalue weighted by Gasteiger charge is -2.39. The van der Waals surface area contributed by atoms with Crippen molar-refractivity contribution in [3.8, 4) is 5.75 Å². The number of hydrogen-bond acceptors (Lipinski definition) is 5. The molecule has 0 spiro atoms. The zero-order valence-corrected chi connectivity index (χ0v) is 19.4. The average molecular weight is 479 g/mol. The summed E-state index contributed by atoms with van der Waals surface area (Å²) in [5, 5.41) is 0.790. The molecule has 1 aromatic carbocycles. The van der Waals surface area contributed by atoms with Crippen LogP contribution in [0.4, 0.5) is 0 Å². The highest BCUT2D eigenvalue weighted by atomic mass is 35.5. The lowest BCUT2D eigenvalue weighted by Crippen LogP contribution is -2.57. The molecule has 0 saturated carbocycles. The summed E-state index contributed by atoms with van der Waals surface area (Å²) in [5.41, 5.74) is 0. The van der Waals surface area contributed by atoms with E-state index in [2.05, 4.69) is 4.90 Å². The summed E-state index contributed by atoms with van der Waals surface area (Å²) >= 11 is 12.0. The van der Waals surface area contributed by atoms with E-state index in [1.54, 1.807) is 27.4 Å². The van der Waals surface area contributed by atoms with E-state index in [4.69, 9.17) is 27.9 Å². The highest BCUT2D eigenvalue weighted by Crippen LogP contribution is 2.31. The Balaban J connectivity index is 1.40. The van der Waals surface area contributed by atoms with Gasteiger partial charge in [0.05, 0.1) is 11.6 Å². The minimum atomic E-state index is -3.46. The molecule has 11 heteroatoms. The Labute approximate surface area is 188 Å². The minimum absolute atomic E-state index is 0.00689. The second-order valence-corrected chi connectivity index (χ2v) is 10.2. The topological polar surface area (TPSA) is 73.4 Å². The van der Waals surface area contributed by atoms with Gasteiger partial charge in [0.25, 0.3) is 10.2 Å². The molecule has 3 rings (SSSR count).